The fourth-order valence-corrected chi connectivity index (χ4v) is 3.42. The molecule has 1 aromatic rings. The number of hydrogen-bond donors (Lipinski definition) is 0. The van der Waals surface area contributed by atoms with Gasteiger partial charge in [0.1, 0.15) is 0 Å². The van der Waals surface area contributed by atoms with Crippen molar-refractivity contribution in [3.05, 3.63) is 41.3 Å². The zero-order valence-electron chi connectivity index (χ0n) is 10.2. The van der Waals surface area contributed by atoms with Crippen LogP contribution >= 0.6 is 0 Å². The molecule has 0 aromatic heterocycles. The zero-order chi connectivity index (χ0) is 12.0. The van der Waals surface area contributed by atoms with Crippen LogP contribution in [0.4, 0.5) is 0 Å². The molecule has 4 heteroatoms. The van der Waals surface area contributed by atoms with Crippen molar-refractivity contribution in [1.82, 2.24) is 0 Å². The molecule has 2 nitrogen and oxygen atoms in total. The first-order valence-corrected chi connectivity index (χ1v) is 10.4. The summed E-state index contributed by atoms with van der Waals surface area (Å²) >= 11 is 0.270. The van der Waals surface area contributed by atoms with E-state index in [2.05, 4.69) is 48.9 Å². The minimum atomic E-state index is -1.56. The van der Waals surface area contributed by atoms with E-state index in [1.54, 1.807) is 7.11 Å². The fraction of sp³-hybridized carbons (Fsp3) is 0.333. The number of ether oxygens (including phenoxy) is 1. The van der Waals surface area contributed by atoms with Gasteiger partial charge in [-0.15, -0.1) is 0 Å². The van der Waals surface area contributed by atoms with E-state index in [0.717, 1.165) is 0 Å². The molecule has 88 valence electrons. The fourth-order valence-electron chi connectivity index (χ4n) is 1.03. The van der Waals surface area contributed by atoms with E-state index in [-0.39, 0.29) is 15.0 Å². The Bertz CT molecular complexity index is 344. The summed E-state index contributed by atoms with van der Waals surface area (Å²) in [6.07, 6.45) is 0. The third-order valence-electron chi connectivity index (χ3n) is 1.64. The van der Waals surface area contributed by atoms with Crippen molar-refractivity contribution in [3.63, 3.8) is 0 Å². The number of hydrogen-bond acceptors (Lipinski definition) is 2. The van der Waals surface area contributed by atoms with Crippen molar-refractivity contribution < 1.29 is 9.16 Å². The Balaban J connectivity index is 2.60. The molecule has 0 bridgehead atoms. The summed E-state index contributed by atoms with van der Waals surface area (Å²) in [4.78, 5) is 2.06. The van der Waals surface area contributed by atoms with E-state index in [9.17, 15) is 0 Å². The van der Waals surface area contributed by atoms with Gasteiger partial charge in [-0.2, -0.15) is 0 Å². The van der Waals surface area contributed by atoms with Crippen LogP contribution in [-0.4, -0.2) is 30.4 Å². The molecular formula is C12H18O2SeSi. The van der Waals surface area contributed by atoms with Gasteiger partial charge in [-0.05, 0) is 0 Å². The van der Waals surface area contributed by atoms with Crippen LogP contribution < -0.4 is 4.46 Å². The van der Waals surface area contributed by atoms with Crippen molar-refractivity contribution in [3.8, 4) is 0 Å². The summed E-state index contributed by atoms with van der Waals surface area (Å²) in [7, 11) is 0.0970. The quantitative estimate of drug-likeness (QED) is 0.614. The minimum absolute atomic E-state index is 0.270. The summed E-state index contributed by atoms with van der Waals surface area (Å²) in [6, 6.07) is 10.4. The second kappa shape index (κ2) is 6.14. The molecule has 0 saturated carbocycles. The predicted octanol–water partition coefficient (Wildman–Crippen LogP) is 2.31. The van der Waals surface area contributed by atoms with Gasteiger partial charge in [0, 0.05) is 0 Å². The Morgan fingerprint density at radius 2 is 1.81 bits per heavy atom. The molecular weight excluding hydrogens is 283 g/mol. The van der Waals surface area contributed by atoms with Crippen LogP contribution in [0.15, 0.2) is 41.3 Å². The molecule has 0 aliphatic rings. The first-order chi connectivity index (χ1) is 7.51. The van der Waals surface area contributed by atoms with Crippen LogP contribution in [0, 0.1) is 0 Å². The van der Waals surface area contributed by atoms with E-state index in [1.165, 1.54) is 4.46 Å². The number of methoxy groups -OCH3 is 1. The average molecular weight is 301 g/mol. The normalized spacial score (nSPS) is 12.4. The van der Waals surface area contributed by atoms with Crippen LogP contribution in [0.1, 0.15) is 0 Å². The van der Waals surface area contributed by atoms with Crippen molar-refractivity contribution in [1.29, 1.82) is 0 Å². The van der Waals surface area contributed by atoms with E-state index >= 15 is 0 Å². The molecule has 16 heavy (non-hydrogen) atoms. The monoisotopic (exact) mass is 302 g/mol. The number of benzene rings is 1. The molecule has 0 heterocycles. The topological polar surface area (TPSA) is 18.5 Å². The van der Waals surface area contributed by atoms with Crippen LogP contribution in [0.25, 0.3) is 0 Å². The molecule has 1 aromatic carbocycles. The molecule has 0 saturated heterocycles. The SMILES string of the molecule is CO/C(=C\[Se]c1ccccc1)O[Si](C)(C)C. The summed E-state index contributed by atoms with van der Waals surface area (Å²) in [5.41, 5.74) is 0. The molecule has 1 rings (SSSR count). The van der Waals surface area contributed by atoms with Crippen LogP contribution in [0.2, 0.25) is 19.6 Å². The van der Waals surface area contributed by atoms with Gasteiger partial charge in [0.25, 0.3) is 0 Å². The van der Waals surface area contributed by atoms with Crippen molar-refractivity contribution >= 4 is 27.7 Å². The third kappa shape index (κ3) is 5.40. The van der Waals surface area contributed by atoms with Gasteiger partial charge in [0.15, 0.2) is 0 Å². The van der Waals surface area contributed by atoms with Gasteiger partial charge in [-0.1, -0.05) is 0 Å². The third-order valence-corrected chi connectivity index (χ3v) is 4.25. The standard InChI is InChI=1S/C12H18O2SeSi/c1-13-12(14-16(2,3)4)10-15-11-8-6-5-7-9-11/h5-10H,1-4H3/b12-10+. The molecule has 0 unspecified atom stereocenters. The van der Waals surface area contributed by atoms with Crippen LogP contribution in [0.5, 0.6) is 0 Å². The zero-order valence-corrected chi connectivity index (χ0v) is 12.9. The van der Waals surface area contributed by atoms with Gasteiger partial charge < -0.3 is 0 Å². The summed E-state index contributed by atoms with van der Waals surface area (Å²) in [6.45, 7) is 6.44. The molecule has 0 radical (unpaired) electrons. The van der Waals surface area contributed by atoms with Gasteiger partial charge in [-0.3, -0.25) is 0 Å². The maximum atomic E-state index is 5.80. The molecule has 0 aliphatic heterocycles. The van der Waals surface area contributed by atoms with E-state index in [4.69, 9.17) is 9.16 Å². The van der Waals surface area contributed by atoms with Gasteiger partial charge >= 0.3 is 105 Å². The molecule has 0 atom stereocenters. The van der Waals surface area contributed by atoms with Gasteiger partial charge in [0.05, 0.1) is 0 Å². The summed E-state index contributed by atoms with van der Waals surface area (Å²) in [5, 5.41) is 0. The molecule has 0 aliphatic carbocycles. The summed E-state index contributed by atoms with van der Waals surface area (Å²) in [5.74, 6) is 0.669. The average Bonchev–Trinajstić information content (AvgIpc) is 2.24. The molecule has 0 N–H and O–H groups in total. The Morgan fingerprint density at radius 1 is 1.19 bits per heavy atom. The van der Waals surface area contributed by atoms with E-state index in [0.29, 0.717) is 5.95 Å². The maximum absolute atomic E-state index is 5.80. The van der Waals surface area contributed by atoms with Crippen LogP contribution in [0.3, 0.4) is 0 Å². The second-order valence-corrected chi connectivity index (χ2v) is 10.7. The molecule has 0 spiro atoms. The number of rotatable bonds is 5. The van der Waals surface area contributed by atoms with Crippen molar-refractivity contribution in [2.24, 2.45) is 0 Å². The molecule has 0 fully saturated rings. The summed E-state index contributed by atoms with van der Waals surface area (Å²) < 4.78 is 12.4. The first-order valence-electron chi connectivity index (χ1n) is 5.16. The predicted molar refractivity (Wildman–Crippen MR) is 71.4 cm³/mol. The second-order valence-electron chi connectivity index (χ2n) is 4.29. The first kappa shape index (κ1) is 13.4. The van der Waals surface area contributed by atoms with Gasteiger partial charge in [-0.25, -0.2) is 0 Å². The van der Waals surface area contributed by atoms with Gasteiger partial charge in [0.2, 0.25) is 0 Å². The van der Waals surface area contributed by atoms with E-state index in [1.807, 2.05) is 6.07 Å². The van der Waals surface area contributed by atoms with Crippen LogP contribution in [-0.2, 0) is 9.16 Å². The Kier molecular flexibility index (Phi) is 5.12. The van der Waals surface area contributed by atoms with Crippen molar-refractivity contribution in [2.45, 2.75) is 19.6 Å². The Hall–Kier alpha value is -0.704. The molecule has 0 amide bonds. The Labute approximate surface area is 105 Å². The van der Waals surface area contributed by atoms with E-state index < -0.39 is 8.32 Å². The Morgan fingerprint density at radius 3 is 2.31 bits per heavy atom. The van der Waals surface area contributed by atoms with Crippen molar-refractivity contribution in [2.75, 3.05) is 7.11 Å².